The van der Waals surface area contributed by atoms with Crippen molar-refractivity contribution < 1.29 is 4.74 Å². The molecule has 1 aliphatic rings. The van der Waals surface area contributed by atoms with Gasteiger partial charge >= 0.3 is 0 Å². The molecule has 0 bridgehead atoms. The van der Waals surface area contributed by atoms with E-state index in [0.717, 1.165) is 22.7 Å². The van der Waals surface area contributed by atoms with Gasteiger partial charge in [0, 0.05) is 11.5 Å². The number of fused-ring (bicyclic) bond motifs is 1. The molecule has 5 heteroatoms. The minimum atomic E-state index is 0.460. The van der Waals surface area contributed by atoms with Crippen molar-refractivity contribution in [1.82, 2.24) is 9.97 Å². The number of hydrogen-bond donors (Lipinski definition) is 0. The van der Waals surface area contributed by atoms with Gasteiger partial charge in [0.2, 0.25) is 0 Å². The summed E-state index contributed by atoms with van der Waals surface area (Å²) >= 11 is 7.90. The summed E-state index contributed by atoms with van der Waals surface area (Å²) in [4.78, 5) is 11.1. The van der Waals surface area contributed by atoms with E-state index in [1.54, 1.807) is 11.3 Å². The average Bonchev–Trinajstić information content (AvgIpc) is 3.07. The van der Waals surface area contributed by atoms with Gasteiger partial charge in [0.25, 0.3) is 0 Å². The van der Waals surface area contributed by atoms with Gasteiger partial charge in [-0.25, -0.2) is 9.97 Å². The van der Waals surface area contributed by atoms with E-state index >= 15 is 0 Å². The first-order valence-corrected chi connectivity index (χ1v) is 7.34. The zero-order valence-corrected chi connectivity index (χ0v) is 12.1. The summed E-state index contributed by atoms with van der Waals surface area (Å²) in [6.45, 7) is 5.43. The van der Waals surface area contributed by atoms with Crippen LogP contribution < -0.4 is 0 Å². The highest BCUT2D eigenvalue weighted by molar-refractivity contribution is 7.18. The molecule has 1 fully saturated rings. The van der Waals surface area contributed by atoms with Crippen molar-refractivity contribution in [3.8, 4) is 0 Å². The highest BCUT2D eigenvalue weighted by atomic mass is 35.5. The minimum Gasteiger partial charge on any atom is -0.373 e. The van der Waals surface area contributed by atoms with Crippen molar-refractivity contribution in [2.75, 3.05) is 6.61 Å². The number of aryl methyl sites for hydroxylation is 2. The maximum Gasteiger partial charge on any atom is 0.157 e. The summed E-state index contributed by atoms with van der Waals surface area (Å²) in [5, 5.41) is 1.54. The summed E-state index contributed by atoms with van der Waals surface area (Å²) in [5.41, 5.74) is 1.19. The summed E-state index contributed by atoms with van der Waals surface area (Å²) in [6.07, 6.45) is 2.59. The standard InChI is InChI=1S/C13H15ClN2OS/c1-7-8(2)18-13-11(7)12(14)15-10(16-13)6-17-5-9-3-4-9/h9H,3-6H2,1-2H3. The highest BCUT2D eigenvalue weighted by Crippen LogP contribution is 2.33. The lowest BCUT2D eigenvalue weighted by Crippen LogP contribution is -2.01. The Kier molecular flexibility index (Phi) is 3.26. The molecule has 0 amide bonds. The molecule has 1 aliphatic carbocycles. The zero-order chi connectivity index (χ0) is 12.7. The zero-order valence-electron chi connectivity index (χ0n) is 10.5. The lowest BCUT2D eigenvalue weighted by molar-refractivity contribution is 0.106. The number of ether oxygens (including phenoxy) is 1. The van der Waals surface area contributed by atoms with Gasteiger partial charge in [-0.2, -0.15) is 0 Å². The van der Waals surface area contributed by atoms with Crippen molar-refractivity contribution in [2.24, 2.45) is 5.92 Å². The Morgan fingerprint density at radius 1 is 1.33 bits per heavy atom. The van der Waals surface area contributed by atoms with Crippen LogP contribution in [-0.4, -0.2) is 16.6 Å². The molecule has 18 heavy (non-hydrogen) atoms. The van der Waals surface area contributed by atoms with Crippen LogP contribution in [0.25, 0.3) is 10.2 Å². The molecule has 0 radical (unpaired) electrons. The van der Waals surface area contributed by atoms with E-state index in [0.29, 0.717) is 17.6 Å². The summed E-state index contributed by atoms with van der Waals surface area (Å²) in [6, 6.07) is 0. The van der Waals surface area contributed by atoms with E-state index in [9.17, 15) is 0 Å². The summed E-state index contributed by atoms with van der Waals surface area (Å²) < 4.78 is 5.61. The fourth-order valence-corrected chi connectivity index (χ4v) is 3.34. The van der Waals surface area contributed by atoms with Gasteiger partial charge in [0.1, 0.15) is 16.6 Å². The Morgan fingerprint density at radius 2 is 2.11 bits per heavy atom. The van der Waals surface area contributed by atoms with Crippen molar-refractivity contribution in [3.63, 3.8) is 0 Å². The SMILES string of the molecule is Cc1sc2nc(COCC3CC3)nc(Cl)c2c1C. The number of halogens is 1. The Labute approximate surface area is 115 Å². The molecule has 0 aromatic carbocycles. The monoisotopic (exact) mass is 282 g/mol. The highest BCUT2D eigenvalue weighted by Gasteiger charge is 2.21. The third kappa shape index (κ3) is 2.37. The first kappa shape index (κ1) is 12.3. The average molecular weight is 283 g/mol. The van der Waals surface area contributed by atoms with E-state index in [4.69, 9.17) is 16.3 Å². The topological polar surface area (TPSA) is 35.0 Å². The van der Waals surface area contributed by atoms with E-state index in [1.165, 1.54) is 23.3 Å². The first-order chi connectivity index (χ1) is 8.65. The smallest absolute Gasteiger partial charge is 0.157 e. The summed E-state index contributed by atoms with van der Waals surface area (Å²) in [5.74, 6) is 1.45. The van der Waals surface area contributed by atoms with Crippen LogP contribution in [0.4, 0.5) is 0 Å². The van der Waals surface area contributed by atoms with Crippen LogP contribution in [0.5, 0.6) is 0 Å². The van der Waals surface area contributed by atoms with Crippen molar-refractivity contribution in [1.29, 1.82) is 0 Å². The van der Waals surface area contributed by atoms with Crippen LogP contribution in [0.2, 0.25) is 5.15 Å². The van der Waals surface area contributed by atoms with Gasteiger partial charge in [0.05, 0.1) is 5.39 Å². The molecule has 96 valence electrons. The van der Waals surface area contributed by atoms with Crippen LogP contribution in [0.3, 0.4) is 0 Å². The van der Waals surface area contributed by atoms with E-state index in [2.05, 4.69) is 23.8 Å². The van der Waals surface area contributed by atoms with Gasteiger partial charge < -0.3 is 4.74 Å². The van der Waals surface area contributed by atoms with Crippen LogP contribution >= 0.6 is 22.9 Å². The molecule has 2 aromatic rings. The Balaban J connectivity index is 1.84. The largest absolute Gasteiger partial charge is 0.373 e. The number of nitrogens with zero attached hydrogens (tertiary/aromatic N) is 2. The van der Waals surface area contributed by atoms with Crippen LogP contribution in [0, 0.1) is 19.8 Å². The van der Waals surface area contributed by atoms with E-state index in [-0.39, 0.29) is 0 Å². The normalized spacial score (nSPS) is 15.5. The van der Waals surface area contributed by atoms with Gasteiger partial charge in [-0.15, -0.1) is 11.3 Å². The van der Waals surface area contributed by atoms with E-state index in [1.807, 2.05) is 0 Å². The van der Waals surface area contributed by atoms with E-state index < -0.39 is 0 Å². The predicted octanol–water partition coefficient (Wildman–Crippen LogP) is 3.89. The second-order valence-electron chi connectivity index (χ2n) is 4.85. The molecular weight excluding hydrogens is 268 g/mol. The molecule has 0 aliphatic heterocycles. The number of hydrogen-bond acceptors (Lipinski definition) is 4. The molecule has 0 saturated heterocycles. The molecule has 2 heterocycles. The molecule has 2 aromatic heterocycles. The quantitative estimate of drug-likeness (QED) is 0.798. The molecule has 0 unspecified atom stereocenters. The lowest BCUT2D eigenvalue weighted by atomic mass is 10.2. The summed E-state index contributed by atoms with van der Waals surface area (Å²) in [7, 11) is 0. The fourth-order valence-electron chi connectivity index (χ4n) is 1.91. The Morgan fingerprint density at radius 3 is 2.83 bits per heavy atom. The maximum atomic E-state index is 6.23. The van der Waals surface area contributed by atoms with Gasteiger partial charge in [-0.3, -0.25) is 0 Å². The van der Waals surface area contributed by atoms with Gasteiger partial charge in [-0.1, -0.05) is 11.6 Å². The van der Waals surface area contributed by atoms with Crippen LogP contribution in [0.15, 0.2) is 0 Å². The molecule has 3 rings (SSSR count). The van der Waals surface area contributed by atoms with Gasteiger partial charge in [-0.05, 0) is 38.2 Å². The number of rotatable bonds is 4. The van der Waals surface area contributed by atoms with Crippen molar-refractivity contribution in [2.45, 2.75) is 33.3 Å². The lowest BCUT2D eigenvalue weighted by Gasteiger charge is -2.03. The fraction of sp³-hybridized carbons (Fsp3) is 0.538. The minimum absolute atomic E-state index is 0.460. The Bertz CT molecular complexity index is 592. The molecule has 0 spiro atoms. The van der Waals surface area contributed by atoms with Crippen LogP contribution in [0.1, 0.15) is 29.1 Å². The molecular formula is C13H15ClN2OS. The second kappa shape index (κ2) is 4.76. The molecule has 0 N–H and O–H groups in total. The molecule has 1 saturated carbocycles. The maximum absolute atomic E-state index is 6.23. The molecule has 0 atom stereocenters. The third-order valence-electron chi connectivity index (χ3n) is 3.31. The number of aromatic nitrogens is 2. The number of thiophene rings is 1. The third-order valence-corrected chi connectivity index (χ3v) is 4.69. The second-order valence-corrected chi connectivity index (χ2v) is 6.41. The Hall–Kier alpha value is -0.710. The molecule has 3 nitrogen and oxygen atoms in total. The van der Waals surface area contributed by atoms with Crippen LogP contribution in [-0.2, 0) is 11.3 Å². The first-order valence-electron chi connectivity index (χ1n) is 6.15. The van der Waals surface area contributed by atoms with Gasteiger partial charge in [0.15, 0.2) is 5.82 Å². The van der Waals surface area contributed by atoms with Crippen molar-refractivity contribution >= 4 is 33.2 Å². The predicted molar refractivity (Wildman–Crippen MR) is 74.3 cm³/mol. The van der Waals surface area contributed by atoms with Crippen molar-refractivity contribution in [3.05, 3.63) is 21.4 Å².